The molecule has 2 aromatic carbocycles. The molecule has 4 rings (SSSR count). The summed E-state index contributed by atoms with van der Waals surface area (Å²) in [4.78, 5) is 24.3. The van der Waals surface area contributed by atoms with Crippen molar-refractivity contribution < 1.29 is 28.1 Å². The van der Waals surface area contributed by atoms with Gasteiger partial charge in [0.05, 0.1) is 5.69 Å². The van der Waals surface area contributed by atoms with E-state index in [1.807, 2.05) is 36.4 Å². The summed E-state index contributed by atoms with van der Waals surface area (Å²) in [6, 6.07) is 18.1. The quantitative estimate of drug-likeness (QED) is 0.630. The Morgan fingerprint density at radius 1 is 1.10 bits per heavy atom. The van der Waals surface area contributed by atoms with Crippen molar-refractivity contribution in [3.63, 3.8) is 0 Å². The van der Waals surface area contributed by atoms with Gasteiger partial charge < -0.3 is 14.0 Å². The zero-order chi connectivity index (χ0) is 20.4. The molecule has 29 heavy (non-hydrogen) atoms. The van der Waals surface area contributed by atoms with E-state index < -0.39 is 18.8 Å². The molecule has 2 aliphatic heterocycles. The third kappa shape index (κ3) is 3.47. The van der Waals surface area contributed by atoms with Crippen LogP contribution >= 0.6 is 0 Å². The summed E-state index contributed by atoms with van der Waals surface area (Å²) < 4.78 is 17.7. The lowest BCUT2D eigenvalue weighted by Gasteiger charge is -2.30. The Morgan fingerprint density at radius 3 is 2.41 bits per heavy atom. The van der Waals surface area contributed by atoms with Gasteiger partial charge in [0.15, 0.2) is 5.71 Å². The Morgan fingerprint density at radius 2 is 1.76 bits per heavy atom. The van der Waals surface area contributed by atoms with Gasteiger partial charge in [-0.25, -0.2) is 4.79 Å². The molecule has 1 atom stereocenters. The fourth-order valence-electron chi connectivity index (χ4n) is 2.99. The van der Waals surface area contributed by atoms with E-state index in [-0.39, 0.29) is 11.6 Å². The minimum Gasteiger partial charge on any atom is -0.563 e. The second kappa shape index (κ2) is 7.23. The fraction of sp³-hybridized carbons (Fsp3) is 0.105. The molecule has 0 spiro atoms. The molecule has 0 fully saturated rings. The predicted molar refractivity (Wildman–Crippen MR) is 106 cm³/mol. The van der Waals surface area contributed by atoms with Crippen LogP contribution in [-0.4, -0.2) is 40.7 Å². The molecule has 2 heterocycles. The van der Waals surface area contributed by atoms with Crippen molar-refractivity contribution in [2.24, 2.45) is 10.2 Å². The van der Waals surface area contributed by atoms with Gasteiger partial charge in [-0.1, -0.05) is 36.4 Å². The average Bonchev–Trinajstić information content (AvgIpc) is 3.08. The zero-order valence-electron chi connectivity index (χ0n) is 15.7. The number of hydrazone groups is 2. The molecule has 146 valence electrons. The lowest BCUT2D eigenvalue weighted by molar-refractivity contribution is -0.443. The van der Waals surface area contributed by atoms with Crippen LogP contribution in [0.2, 0.25) is 0 Å². The normalized spacial score (nSPS) is 21.8. The van der Waals surface area contributed by atoms with Gasteiger partial charge in [-0.3, -0.25) is 10.2 Å². The van der Waals surface area contributed by atoms with Gasteiger partial charge in [0, 0.05) is 19.4 Å². The van der Waals surface area contributed by atoms with E-state index in [0.29, 0.717) is 17.0 Å². The number of benzene rings is 2. The maximum absolute atomic E-state index is 12.7. The van der Waals surface area contributed by atoms with Crippen molar-refractivity contribution in [2.45, 2.75) is 13.8 Å². The number of nitrogens with zero attached hydrogens (tertiary/aromatic N) is 3. The third-order valence-corrected chi connectivity index (χ3v) is 4.30. The summed E-state index contributed by atoms with van der Waals surface area (Å²) >= 11 is 0. The summed E-state index contributed by atoms with van der Waals surface area (Å²) in [7, 11) is 0. The van der Waals surface area contributed by atoms with Gasteiger partial charge in [-0.15, -0.1) is 0 Å². The van der Waals surface area contributed by atoms with Crippen LogP contribution in [-0.2, 0) is 23.6 Å². The van der Waals surface area contributed by atoms with E-state index in [1.54, 1.807) is 31.2 Å². The van der Waals surface area contributed by atoms with Crippen molar-refractivity contribution in [1.29, 1.82) is 0 Å². The second-order valence-corrected chi connectivity index (χ2v) is 6.38. The van der Waals surface area contributed by atoms with Gasteiger partial charge in [-0.2, -0.15) is 9.70 Å². The summed E-state index contributed by atoms with van der Waals surface area (Å²) in [6.45, 7) is -0.145. The van der Waals surface area contributed by atoms with E-state index in [9.17, 15) is 9.59 Å². The SMILES string of the molecule is CC(=O)O[B-]12OC(=O)/C(=N/Nc3ccccc3)C(C)=[N+]1N=C(c1ccccc1)O2. The average molecular weight is 392 g/mol. The molecule has 2 aliphatic rings. The monoisotopic (exact) mass is 392 g/mol. The van der Waals surface area contributed by atoms with E-state index >= 15 is 0 Å². The van der Waals surface area contributed by atoms with Crippen molar-refractivity contribution in [3.8, 4) is 0 Å². The van der Waals surface area contributed by atoms with Crippen LogP contribution in [0.25, 0.3) is 0 Å². The molecule has 2 aromatic rings. The number of carbonyl (C=O) groups excluding carboxylic acids is 2. The molecular formula is C19H17BN4O5. The molecule has 0 aromatic heterocycles. The number of carbonyl (C=O) groups is 2. The topological polar surface area (TPSA) is 102 Å². The zero-order valence-corrected chi connectivity index (χ0v) is 15.7. The lowest BCUT2D eigenvalue weighted by Crippen LogP contribution is -2.61. The maximum Gasteiger partial charge on any atom is 0.908 e. The first-order valence-electron chi connectivity index (χ1n) is 8.90. The van der Waals surface area contributed by atoms with Gasteiger partial charge in [0.25, 0.3) is 5.97 Å². The van der Waals surface area contributed by atoms with E-state index in [2.05, 4.69) is 15.6 Å². The Balaban J connectivity index is 1.76. The first-order valence-corrected chi connectivity index (χ1v) is 8.90. The maximum atomic E-state index is 12.7. The molecule has 1 N–H and O–H groups in total. The molecule has 0 radical (unpaired) electrons. The first kappa shape index (κ1) is 18.4. The van der Waals surface area contributed by atoms with Crippen LogP contribution in [0, 0.1) is 0 Å². The summed E-state index contributed by atoms with van der Waals surface area (Å²) in [5, 5.41) is 8.52. The molecule has 10 heteroatoms. The Hall–Kier alpha value is -3.95. The Bertz CT molecular complexity index is 1070. The highest BCUT2D eigenvalue weighted by atomic mass is 16.8. The molecule has 9 nitrogen and oxygen atoms in total. The van der Waals surface area contributed by atoms with Crippen molar-refractivity contribution >= 4 is 41.8 Å². The molecule has 0 aliphatic carbocycles. The smallest absolute Gasteiger partial charge is 0.563 e. The number of fused-ring (bicyclic) bond motifs is 1. The lowest BCUT2D eigenvalue weighted by atomic mass is 9.93. The summed E-state index contributed by atoms with van der Waals surface area (Å²) in [5.74, 6) is -1.31. The minimum atomic E-state index is -2.96. The molecule has 0 amide bonds. The Kier molecular flexibility index (Phi) is 4.59. The number of anilines is 1. The van der Waals surface area contributed by atoms with Gasteiger partial charge in [0.1, 0.15) is 0 Å². The summed E-state index contributed by atoms with van der Waals surface area (Å²) in [6.07, 6.45) is 0. The molecule has 1 unspecified atom stereocenters. The van der Waals surface area contributed by atoms with Crippen LogP contribution in [0.15, 0.2) is 70.9 Å². The minimum absolute atomic E-state index is 0.0137. The van der Waals surface area contributed by atoms with Crippen LogP contribution in [0.4, 0.5) is 5.69 Å². The molecule has 0 saturated carbocycles. The van der Waals surface area contributed by atoms with E-state index in [1.165, 1.54) is 11.5 Å². The van der Waals surface area contributed by atoms with Crippen LogP contribution in [0.3, 0.4) is 0 Å². The molecule has 0 saturated heterocycles. The van der Waals surface area contributed by atoms with Gasteiger partial charge in [0.2, 0.25) is 11.6 Å². The van der Waals surface area contributed by atoms with Crippen molar-refractivity contribution in [1.82, 2.24) is 0 Å². The third-order valence-electron chi connectivity index (χ3n) is 4.30. The highest BCUT2D eigenvalue weighted by molar-refractivity contribution is 6.74. The number of rotatable bonds is 4. The van der Waals surface area contributed by atoms with E-state index in [4.69, 9.17) is 14.0 Å². The van der Waals surface area contributed by atoms with Gasteiger partial charge >= 0.3 is 12.9 Å². The standard InChI is InChI=1S/C19H17BN4O5/c1-13-17(22-21-16-11-7-4-8-12-16)19(26)29-20(27-14(2)25)24(13)23-18(28-20)15-9-5-3-6-10-15/h3-12,21H,1-2H3/b22-17+. The molecular weight excluding hydrogens is 375 g/mol. The fourth-order valence-corrected chi connectivity index (χ4v) is 2.99. The summed E-state index contributed by atoms with van der Waals surface area (Å²) in [5.41, 5.74) is 4.43. The number of hydrogen-bond donors (Lipinski definition) is 1. The Labute approximate surface area is 166 Å². The second-order valence-electron chi connectivity index (χ2n) is 6.38. The van der Waals surface area contributed by atoms with Crippen LogP contribution in [0.1, 0.15) is 19.4 Å². The van der Waals surface area contributed by atoms with Crippen LogP contribution in [0.5, 0.6) is 0 Å². The number of nitrogens with one attached hydrogen (secondary N) is 1. The van der Waals surface area contributed by atoms with E-state index in [0.717, 1.165) is 0 Å². The highest BCUT2D eigenvalue weighted by Gasteiger charge is 2.66. The predicted octanol–water partition coefficient (Wildman–Crippen LogP) is 1.88. The van der Waals surface area contributed by atoms with Gasteiger partial charge in [-0.05, 0) is 29.4 Å². The number of para-hydroxylation sites is 1. The molecule has 0 bridgehead atoms. The number of hydrogen-bond acceptors (Lipinski definition) is 8. The van der Waals surface area contributed by atoms with Crippen molar-refractivity contribution in [2.75, 3.05) is 5.43 Å². The largest absolute Gasteiger partial charge is 0.908 e. The highest BCUT2D eigenvalue weighted by Crippen LogP contribution is 2.26. The van der Waals surface area contributed by atoms with Crippen molar-refractivity contribution in [3.05, 3.63) is 66.2 Å². The van der Waals surface area contributed by atoms with Crippen LogP contribution < -0.4 is 5.43 Å². The first-order chi connectivity index (χ1) is 14.0.